The van der Waals surface area contributed by atoms with E-state index in [2.05, 4.69) is 207 Å². The fraction of sp³-hybridized carbons (Fsp3) is 0.0400. The van der Waals surface area contributed by atoms with Crippen molar-refractivity contribution in [2.24, 2.45) is 0 Å². The minimum absolute atomic E-state index is 1.19. The molecule has 0 N–H and O–H groups in total. The smallest absolute Gasteiger partial charge is 0.182 e. The predicted molar refractivity (Wildman–Crippen MR) is 223 cm³/mol. The van der Waals surface area contributed by atoms with Gasteiger partial charge in [-0.2, -0.15) is 0 Å². The van der Waals surface area contributed by atoms with Crippen LogP contribution in [-0.2, 0) is 0 Å². The Kier molecular flexibility index (Phi) is 7.02. The summed E-state index contributed by atoms with van der Waals surface area (Å²) in [5.74, 6) is 0. The molecule has 0 radical (unpaired) electrons. The lowest BCUT2D eigenvalue weighted by molar-refractivity contribution is 1.23. The number of nitrogens with zero attached hydrogens (tertiary/aromatic N) is 1. The molecular formula is C50H37NSi. The van der Waals surface area contributed by atoms with Gasteiger partial charge in [0, 0.05) is 17.1 Å². The molecule has 2 aliphatic rings. The number of aryl methyl sites for hydroxylation is 2. The first-order chi connectivity index (χ1) is 25.6. The molecule has 2 heteroatoms. The molecule has 0 fully saturated rings. The standard InChI is InChI=1S/C50H37NSi/c1-34-31-38(36-15-5-3-6-16-36)25-29-45(34)51(46-30-26-39(32-35(46)2)37-17-7-4-8-18-37)40-27-28-44-43-21-11-14-24-49(43)52(50(44)33-40)47-22-12-9-19-41(47)42-20-10-13-23-48(42)52/h3-33H,1-2H3. The summed E-state index contributed by atoms with van der Waals surface area (Å²) in [6.07, 6.45) is 0. The number of fused-ring (bicyclic) bond motifs is 10. The quantitative estimate of drug-likeness (QED) is 0.164. The Morgan fingerprint density at radius 3 is 1.17 bits per heavy atom. The van der Waals surface area contributed by atoms with Crippen molar-refractivity contribution in [3.05, 3.63) is 199 Å². The molecule has 0 saturated heterocycles. The third kappa shape index (κ3) is 4.48. The van der Waals surface area contributed by atoms with E-state index < -0.39 is 8.07 Å². The van der Waals surface area contributed by atoms with Crippen molar-refractivity contribution in [3.63, 3.8) is 0 Å². The molecule has 2 heterocycles. The normalized spacial score (nSPS) is 13.0. The molecule has 8 aromatic carbocycles. The predicted octanol–water partition coefficient (Wildman–Crippen LogP) is 10.4. The first-order valence-corrected chi connectivity index (χ1v) is 20.2. The van der Waals surface area contributed by atoms with Crippen LogP contribution in [0.4, 0.5) is 17.1 Å². The minimum atomic E-state index is -2.59. The molecule has 8 aromatic rings. The first kappa shape index (κ1) is 30.6. The van der Waals surface area contributed by atoms with Gasteiger partial charge in [-0.15, -0.1) is 0 Å². The SMILES string of the molecule is Cc1cc(-c2ccccc2)ccc1N(c1ccc2c(c1)[Si]1(c3ccccc3-c3ccccc31)c1ccccc1-2)c1ccc(-c2ccccc2)cc1C. The molecular weight excluding hydrogens is 643 g/mol. The van der Waals surface area contributed by atoms with Crippen LogP contribution in [0.5, 0.6) is 0 Å². The summed E-state index contributed by atoms with van der Waals surface area (Å²) >= 11 is 0. The fourth-order valence-electron chi connectivity index (χ4n) is 9.06. The van der Waals surface area contributed by atoms with Gasteiger partial charge in [0.1, 0.15) is 0 Å². The lowest BCUT2D eigenvalue weighted by Gasteiger charge is -2.32. The van der Waals surface area contributed by atoms with E-state index in [0.29, 0.717) is 0 Å². The molecule has 52 heavy (non-hydrogen) atoms. The van der Waals surface area contributed by atoms with Crippen molar-refractivity contribution in [2.45, 2.75) is 13.8 Å². The van der Waals surface area contributed by atoms with Gasteiger partial charge < -0.3 is 4.90 Å². The zero-order valence-electron chi connectivity index (χ0n) is 29.3. The summed E-state index contributed by atoms with van der Waals surface area (Å²) in [7, 11) is -2.59. The van der Waals surface area contributed by atoms with Crippen molar-refractivity contribution in [3.8, 4) is 44.5 Å². The number of hydrogen-bond acceptors (Lipinski definition) is 1. The summed E-state index contributed by atoms with van der Waals surface area (Å²) < 4.78 is 0. The van der Waals surface area contributed by atoms with Gasteiger partial charge in [0.25, 0.3) is 0 Å². The highest BCUT2D eigenvalue weighted by Gasteiger charge is 2.53. The zero-order valence-corrected chi connectivity index (χ0v) is 30.3. The molecule has 2 aliphatic heterocycles. The highest BCUT2D eigenvalue weighted by molar-refractivity contribution is 7.24. The van der Waals surface area contributed by atoms with E-state index in [0.717, 1.165) is 0 Å². The maximum atomic E-state index is 2.55. The number of anilines is 3. The Hall–Kier alpha value is -6.22. The second-order valence-corrected chi connectivity index (χ2v) is 17.8. The van der Waals surface area contributed by atoms with Gasteiger partial charge in [-0.25, -0.2) is 0 Å². The first-order valence-electron chi connectivity index (χ1n) is 18.2. The molecule has 10 rings (SSSR count). The molecule has 1 nitrogen and oxygen atoms in total. The third-order valence-corrected chi connectivity index (χ3v) is 16.3. The second kappa shape index (κ2) is 11.9. The Morgan fingerprint density at radius 2 is 0.731 bits per heavy atom. The largest absolute Gasteiger partial charge is 0.310 e. The van der Waals surface area contributed by atoms with Crippen molar-refractivity contribution >= 4 is 45.9 Å². The van der Waals surface area contributed by atoms with Crippen LogP contribution < -0.4 is 25.6 Å². The van der Waals surface area contributed by atoms with E-state index in [9.17, 15) is 0 Å². The average molecular weight is 680 g/mol. The maximum absolute atomic E-state index is 2.59. The molecule has 0 atom stereocenters. The van der Waals surface area contributed by atoms with Crippen LogP contribution in [0.15, 0.2) is 188 Å². The Bertz CT molecular complexity index is 2510. The lowest BCUT2D eigenvalue weighted by atomic mass is 9.99. The molecule has 0 bridgehead atoms. The highest BCUT2D eigenvalue weighted by Crippen LogP contribution is 2.43. The topological polar surface area (TPSA) is 3.24 Å². The average Bonchev–Trinajstić information content (AvgIpc) is 3.67. The van der Waals surface area contributed by atoms with E-state index in [1.165, 1.54) is 93.4 Å². The summed E-state index contributed by atoms with van der Waals surface area (Å²) in [5, 5.41) is 5.97. The van der Waals surface area contributed by atoms with Gasteiger partial charge in [-0.3, -0.25) is 0 Å². The lowest BCUT2D eigenvalue weighted by Crippen LogP contribution is -2.70. The Balaban J connectivity index is 1.22. The number of hydrogen-bond donors (Lipinski definition) is 0. The fourth-order valence-corrected chi connectivity index (χ4v) is 14.7. The monoisotopic (exact) mass is 679 g/mol. The van der Waals surface area contributed by atoms with E-state index in [-0.39, 0.29) is 0 Å². The summed E-state index contributed by atoms with van der Waals surface area (Å²) in [6, 6.07) is 70.2. The van der Waals surface area contributed by atoms with Gasteiger partial charge in [-0.05, 0) is 127 Å². The van der Waals surface area contributed by atoms with Crippen molar-refractivity contribution in [1.82, 2.24) is 0 Å². The summed E-state index contributed by atoms with van der Waals surface area (Å²) in [5.41, 5.74) is 16.5. The van der Waals surface area contributed by atoms with Gasteiger partial charge >= 0.3 is 0 Å². The van der Waals surface area contributed by atoms with E-state index in [1.54, 1.807) is 0 Å². The molecule has 246 valence electrons. The van der Waals surface area contributed by atoms with Crippen LogP contribution in [0.3, 0.4) is 0 Å². The zero-order chi connectivity index (χ0) is 34.8. The third-order valence-electron chi connectivity index (χ3n) is 11.3. The maximum Gasteiger partial charge on any atom is 0.182 e. The highest BCUT2D eigenvalue weighted by atomic mass is 28.3. The summed E-state index contributed by atoms with van der Waals surface area (Å²) in [6.45, 7) is 4.51. The van der Waals surface area contributed by atoms with Crippen LogP contribution in [0.2, 0.25) is 0 Å². The molecule has 0 aromatic heterocycles. The van der Waals surface area contributed by atoms with Crippen molar-refractivity contribution in [1.29, 1.82) is 0 Å². The van der Waals surface area contributed by atoms with Crippen molar-refractivity contribution in [2.75, 3.05) is 4.90 Å². The minimum Gasteiger partial charge on any atom is -0.310 e. The van der Waals surface area contributed by atoms with E-state index >= 15 is 0 Å². The van der Waals surface area contributed by atoms with E-state index in [1.807, 2.05) is 0 Å². The molecule has 0 amide bonds. The number of benzene rings is 8. The van der Waals surface area contributed by atoms with E-state index in [4.69, 9.17) is 0 Å². The van der Waals surface area contributed by atoms with Crippen LogP contribution >= 0.6 is 0 Å². The second-order valence-electron chi connectivity index (χ2n) is 14.2. The van der Waals surface area contributed by atoms with Crippen LogP contribution in [0.25, 0.3) is 44.5 Å². The molecule has 0 saturated carbocycles. The molecule has 0 aliphatic carbocycles. The molecule has 0 unspecified atom stereocenters. The van der Waals surface area contributed by atoms with Gasteiger partial charge in [-0.1, -0.05) is 152 Å². The van der Waals surface area contributed by atoms with Gasteiger partial charge in [0.2, 0.25) is 0 Å². The Morgan fingerprint density at radius 1 is 0.327 bits per heavy atom. The van der Waals surface area contributed by atoms with Crippen molar-refractivity contribution < 1.29 is 0 Å². The Labute approximate surface area is 307 Å². The summed E-state index contributed by atoms with van der Waals surface area (Å²) in [4.78, 5) is 2.51. The number of rotatable bonds is 5. The van der Waals surface area contributed by atoms with Crippen LogP contribution in [0, 0.1) is 13.8 Å². The van der Waals surface area contributed by atoms with Crippen LogP contribution in [-0.4, -0.2) is 8.07 Å². The van der Waals surface area contributed by atoms with Gasteiger partial charge in [0.15, 0.2) is 8.07 Å². The van der Waals surface area contributed by atoms with Gasteiger partial charge in [0.05, 0.1) is 0 Å². The van der Waals surface area contributed by atoms with Crippen LogP contribution in [0.1, 0.15) is 11.1 Å². The molecule has 1 spiro atoms.